The van der Waals surface area contributed by atoms with Gasteiger partial charge in [-0.2, -0.15) is 4.31 Å². The molecule has 5 heteroatoms. The number of aryl methyl sites for hydroxylation is 1. The maximum absolute atomic E-state index is 13.0. The maximum Gasteiger partial charge on any atom is 0.244 e. The monoisotopic (exact) mass is 383 g/mol. The van der Waals surface area contributed by atoms with Gasteiger partial charge in [0.15, 0.2) is 0 Å². The number of hydrogen-bond donors (Lipinski definition) is 1. The third-order valence-corrected chi connectivity index (χ3v) is 5.80. The molecule has 2 aromatic carbocycles. The molecule has 0 bridgehead atoms. The molecule has 0 aliphatic carbocycles. The molecule has 0 fully saturated rings. The Hall–Kier alpha value is -2.39. The zero-order valence-electron chi connectivity index (χ0n) is 15.9. The normalized spacial score (nSPS) is 12.2. The van der Waals surface area contributed by atoms with Gasteiger partial charge in [0.1, 0.15) is 6.10 Å². The van der Waals surface area contributed by atoms with E-state index in [4.69, 9.17) is 0 Å². The van der Waals surface area contributed by atoms with Crippen molar-refractivity contribution in [3.05, 3.63) is 77.4 Å². The average molecular weight is 384 g/mol. The van der Waals surface area contributed by atoms with Crippen molar-refractivity contribution in [1.29, 1.82) is 0 Å². The standard InChI is InChI=1S/C22H25NO3S/c1-18(2)15-17-23(27(25,26)21-13-11-19(3)12-14-21)16-7-10-22(24)20-8-5-4-6-9-20/h4-6,8-9,11-15,22,24H,16-17H2,1-3H3. The smallest absolute Gasteiger partial charge is 0.244 e. The van der Waals surface area contributed by atoms with Crippen LogP contribution in [0, 0.1) is 18.8 Å². The predicted molar refractivity (Wildman–Crippen MR) is 109 cm³/mol. The Bertz CT molecular complexity index is 933. The van der Waals surface area contributed by atoms with Gasteiger partial charge >= 0.3 is 0 Å². The molecule has 0 amide bonds. The summed E-state index contributed by atoms with van der Waals surface area (Å²) in [6, 6.07) is 15.8. The maximum atomic E-state index is 13.0. The van der Waals surface area contributed by atoms with Crippen molar-refractivity contribution in [1.82, 2.24) is 4.31 Å². The molecule has 2 rings (SSSR count). The minimum atomic E-state index is -3.67. The van der Waals surface area contributed by atoms with E-state index >= 15 is 0 Å². The summed E-state index contributed by atoms with van der Waals surface area (Å²) in [4.78, 5) is 0.237. The van der Waals surface area contributed by atoms with Crippen LogP contribution >= 0.6 is 0 Å². The highest BCUT2D eigenvalue weighted by Crippen LogP contribution is 2.17. The Balaban J connectivity index is 2.23. The number of allylic oxidation sites excluding steroid dienone is 1. The van der Waals surface area contributed by atoms with Crippen molar-refractivity contribution < 1.29 is 13.5 Å². The van der Waals surface area contributed by atoms with E-state index in [1.807, 2.05) is 45.0 Å². The van der Waals surface area contributed by atoms with Crippen LogP contribution in [0.1, 0.15) is 31.1 Å². The number of benzene rings is 2. The van der Waals surface area contributed by atoms with E-state index in [9.17, 15) is 13.5 Å². The van der Waals surface area contributed by atoms with Crippen molar-refractivity contribution in [3.8, 4) is 11.8 Å². The van der Waals surface area contributed by atoms with Gasteiger partial charge in [-0.25, -0.2) is 8.42 Å². The zero-order chi connectivity index (χ0) is 19.9. The van der Waals surface area contributed by atoms with Crippen LogP contribution in [0.4, 0.5) is 0 Å². The number of aliphatic hydroxyl groups excluding tert-OH is 1. The molecule has 0 saturated carbocycles. The van der Waals surface area contributed by atoms with E-state index in [1.165, 1.54) is 4.31 Å². The van der Waals surface area contributed by atoms with Crippen LogP contribution in [-0.4, -0.2) is 30.9 Å². The molecule has 0 spiro atoms. The third kappa shape index (κ3) is 6.07. The highest BCUT2D eigenvalue weighted by atomic mass is 32.2. The largest absolute Gasteiger partial charge is 0.376 e. The van der Waals surface area contributed by atoms with Crippen LogP contribution in [0.5, 0.6) is 0 Å². The summed E-state index contributed by atoms with van der Waals surface area (Å²) in [5.41, 5.74) is 2.70. The summed E-state index contributed by atoms with van der Waals surface area (Å²) in [6.45, 7) is 5.98. The summed E-state index contributed by atoms with van der Waals surface area (Å²) < 4.78 is 27.3. The van der Waals surface area contributed by atoms with Gasteiger partial charge in [-0.15, -0.1) is 0 Å². The molecule has 27 heavy (non-hydrogen) atoms. The predicted octanol–water partition coefficient (Wildman–Crippen LogP) is 3.69. The van der Waals surface area contributed by atoms with Crippen LogP contribution in [0.3, 0.4) is 0 Å². The second-order valence-corrected chi connectivity index (χ2v) is 8.46. The molecule has 1 N–H and O–H groups in total. The highest BCUT2D eigenvalue weighted by molar-refractivity contribution is 7.89. The second-order valence-electron chi connectivity index (χ2n) is 6.53. The zero-order valence-corrected chi connectivity index (χ0v) is 16.7. The molecule has 0 aliphatic heterocycles. The number of rotatable bonds is 6. The minimum absolute atomic E-state index is 0.00385. The molecule has 0 aromatic heterocycles. The third-order valence-electron chi connectivity index (χ3n) is 3.97. The Morgan fingerprint density at radius 2 is 1.74 bits per heavy atom. The van der Waals surface area contributed by atoms with E-state index in [1.54, 1.807) is 36.4 Å². The van der Waals surface area contributed by atoms with Crippen LogP contribution in [0.25, 0.3) is 0 Å². The Morgan fingerprint density at radius 3 is 2.33 bits per heavy atom. The van der Waals surface area contributed by atoms with E-state index in [2.05, 4.69) is 11.8 Å². The first-order chi connectivity index (χ1) is 12.8. The molecular weight excluding hydrogens is 358 g/mol. The minimum Gasteiger partial charge on any atom is -0.376 e. The average Bonchev–Trinajstić information content (AvgIpc) is 2.65. The lowest BCUT2D eigenvalue weighted by atomic mass is 10.1. The Morgan fingerprint density at radius 1 is 1.11 bits per heavy atom. The van der Waals surface area contributed by atoms with Gasteiger partial charge in [0.05, 0.1) is 11.4 Å². The lowest BCUT2D eigenvalue weighted by molar-refractivity contribution is 0.238. The lowest BCUT2D eigenvalue weighted by Crippen LogP contribution is -2.32. The van der Waals surface area contributed by atoms with Gasteiger partial charge < -0.3 is 5.11 Å². The van der Waals surface area contributed by atoms with E-state index in [-0.39, 0.29) is 18.0 Å². The summed E-state index contributed by atoms with van der Waals surface area (Å²) in [6.07, 6.45) is 0.903. The lowest BCUT2D eigenvalue weighted by Gasteiger charge is -2.19. The van der Waals surface area contributed by atoms with Crippen LogP contribution < -0.4 is 0 Å². The molecule has 0 radical (unpaired) electrons. The van der Waals surface area contributed by atoms with Crippen molar-refractivity contribution >= 4 is 10.0 Å². The highest BCUT2D eigenvalue weighted by Gasteiger charge is 2.22. The van der Waals surface area contributed by atoms with Gasteiger partial charge in [-0.05, 0) is 38.5 Å². The molecule has 1 atom stereocenters. The topological polar surface area (TPSA) is 57.6 Å². The molecule has 0 saturated heterocycles. The second kappa shape index (κ2) is 9.52. The van der Waals surface area contributed by atoms with Gasteiger partial charge in [-0.1, -0.05) is 71.5 Å². The van der Waals surface area contributed by atoms with Gasteiger partial charge in [0.25, 0.3) is 0 Å². The Kier molecular flexibility index (Phi) is 7.37. The molecule has 2 aromatic rings. The summed E-state index contributed by atoms with van der Waals surface area (Å²) in [7, 11) is -3.67. The first-order valence-corrected chi connectivity index (χ1v) is 10.2. The molecule has 1 unspecified atom stereocenters. The summed E-state index contributed by atoms with van der Waals surface area (Å²) in [5.74, 6) is 5.54. The van der Waals surface area contributed by atoms with Crippen molar-refractivity contribution in [2.75, 3.05) is 13.1 Å². The first kappa shape index (κ1) is 20.9. The fourth-order valence-corrected chi connectivity index (χ4v) is 3.62. The Labute approximate surface area is 162 Å². The van der Waals surface area contributed by atoms with Gasteiger partial charge in [0.2, 0.25) is 10.0 Å². The van der Waals surface area contributed by atoms with Crippen LogP contribution in [0.2, 0.25) is 0 Å². The first-order valence-electron chi connectivity index (χ1n) is 8.72. The fourth-order valence-electron chi connectivity index (χ4n) is 2.34. The van der Waals surface area contributed by atoms with Gasteiger partial charge in [-0.3, -0.25) is 0 Å². The van der Waals surface area contributed by atoms with Crippen molar-refractivity contribution in [2.24, 2.45) is 0 Å². The number of hydrogen-bond acceptors (Lipinski definition) is 3. The summed E-state index contributed by atoms with van der Waals surface area (Å²) >= 11 is 0. The number of aliphatic hydroxyl groups is 1. The molecule has 4 nitrogen and oxygen atoms in total. The summed E-state index contributed by atoms with van der Waals surface area (Å²) in [5, 5.41) is 10.1. The molecule has 0 aliphatic rings. The SMILES string of the molecule is CC(C)=CCN(CC#CC(O)c1ccccc1)S(=O)(=O)c1ccc(C)cc1. The van der Waals surface area contributed by atoms with Crippen LogP contribution in [0.15, 0.2) is 71.1 Å². The van der Waals surface area contributed by atoms with Crippen molar-refractivity contribution in [2.45, 2.75) is 31.8 Å². The van der Waals surface area contributed by atoms with E-state index in [0.717, 1.165) is 11.1 Å². The molecule has 0 heterocycles. The fraction of sp³-hybridized carbons (Fsp3) is 0.273. The quantitative estimate of drug-likeness (QED) is 0.611. The number of sulfonamides is 1. The molecule has 142 valence electrons. The van der Waals surface area contributed by atoms with Gasteiger partial charge in [0, 0.05) is 6.54 Å². The van der Waals surface area contributed by atoms with Crippen LogP contribution in [-0.2, 0) is 10.0 Å². The molecular formula is C22H25NO3S. The number of nitrogens with zero attached hydrogens (tertiary/aromatic N) is 1. The van der Waals surface area contributed by atoms with E-state index in [0.29, 0.717) is 5.56 Å². The van der Waals surface area contributed by atoms with E-state index < -0.39 is 16.1 Å². The van der Waals surface area contributed by atoms with Crippen molar-refractivity contribution in [3.63, 3.8) is 0 Å².